The summed E-state index contributed by atoms with van der Waals surface area (Å²) in [6.45, 7) is 2.98. The summed E-state index contributed by atoms with van der Waals surface area (Å²) in [5.74, 6) is 0.420. The van der Waals surface area contributed by atoms with Crippen molar-refractivity contribution in [3.63, 3.8) is 0 Å². The van der Waals surface area contributed by atoms with Gasteiger partial charge in [0.2, 0.25) is 0 Å². The minimum absolute atomic E-state index is 0.110. The molecule has 0 atom stereocenters. The lowest BCUT2D eigenvalue weighted by Gasteiger charge is -2.22. The summed E-state index contributed by atoms with van der Waals surface area (Å²) in [5.41, 5.74) is 1.77. The minimum Gasteiger partial charge on any atom is -0.484 e. The van der Waals surface area contributed by atoms with Crippen LogP contribution in [0, 0.1) is 6.92 Å². The predicted molar refractivity (Wildman–Crippen MR) is 120 cm³/mol. The number of anilines is 1. The number of carbonyl (C=O) groups excluding carboxylic acids is 1. The van der Waals surface area contributed by atoms with Gasteiger partial charge < -0.3 is 9.64 Å². The number of sulfone groups is 1. The molecule has 0 aliphatic carbocycles. The summed E-state index contributed by atoms with van der Waals surface area (Å²) in [6.07, 6.45) is 1.17. The Morgan fingerprint density at radius 2 is 1.80 bits per heavy atom. The molecular weight excluding hydrogens is 422 g/mol. The van der Waals surface area contributed by atoms with Crippen molar-refractivity contribution in [2.24, 2.45) is 0 Å². The topological polar surface area (TPSA) is 79.8 Å². The fraction of sp³-hybridized carbons (Fsp3) is 0.333. The zero-order valence-corrected chi connectivity index (χ0v) is 19.1. The number of amides is 1. The van der Waals surface area contributed by atoms with Gasteiger partial charge in [-0.1, -0.05) is 29.0 Å². The number of aryl methyl sites for hydroxylation is 1. The lowest BCUT2D eigenvalue weighted by Crippen LogP contribution is -2.39. The Bertz CT molecular complexity index is 1140. The molecule has 0 aliphatic rings. The first kappa shape index (κ1) is 22.2. The van der Waals surface area contributed by atoms with E-state index in [9.17, 15) is 13.2 Å². The summed E-state index contributed by atoms with van der Waals surface area (Å²) in [5, 5.41) is 0.523. The first-order valence-electron chi connectivity index (χ1n) is 9.39. The van der Waals surface area contributed by atoms with E-state index in [4.69, 9.17) is 4.74 Å². The van der Waals surface area contributed by atoms with Gasteiger partial charge in [-0.05, 0) is 51.4 Å². The third kappa shape index (κ3) is 5.56. The quantitative estimate of drug-likeness (QED) is 0.528. The zero-order chi connectivity index (χ0) is 21.9. The van der Waals surface area contributed by atoms with Gasteiger partial charge in [0, 0.05) is 19.3 Å². The number of hydrogen-bond acceptors (Lipinski definition) is 7. The Labute approximate surface area is 180 Å². The SMILES string of the molecule is Cc1ccc(OCC(=O)N(CCN(C)C)c2nc3ccc(S(C)(=O)=O)cc3s2)cc1. The molecule has 0 fully saturated rings. The van der Waals surface area contributed by atoms with Gasteiger partial charge in [-0.25, -0.2) is 13.4 Å². The number of thiazole rings is 1. The lowest BCUT2D eigenvalue weighted by molar-refractivity contribution is -0.120. The molecule has 0 spiro atoms. The second-order valence-corrected chi connectivity index (χ2v) is 10.4. The summed E-state index contributed by atoms with van der Waals surface area (Å²) in [4.78, 5) is 21.3. The van der Waals surface area contributed by atoms with Crippen molar-refractivity contribution < 1.29 is 17.9 Å². The van der Waals surface area contributed by atoms with Crippen molar-refractivity contribution in [2.45, 2.75) is 11.8 Å². The number of hydrogen-bond donors (Lipinski definition) is 0. The van der Waals surface area contributed by atoms with Gasteiger partial charge >= 0.3 is 0 Å². The second kappa shape index (κ2) is 9.11. The molecule has 2 aromatic carbocycles. The molecule has 1 aromatic heterocycles. The highest BCUT2D eigenvalue weighted by Gasteiger charge is 2.21. The minimum atomic E-state index is -3.31. The molecule has 3 aromatic rings. The van der Waals surface area contributed by atoms with Crippen LogP contribution in [-0.2, 0) is 14.6 Å². The Morgan fingerprint density at radius 1 is 1.10 bits per heavy atom. The fourth-order valence-corrected chi connectivity index (χ4v) is 4.49. The van der Waals surface area contributed by atoms with Crippen molar-refractivity contribution >= 4 is 42.4 Å². The van der Waals surface area contributed by atoms with Crippen LogP contribution < -0.4 is 9.64 Å². The third-order valence-corrected chi connectivity index (χ3v) is 6.61. The maximum atomic E-state index is 13.0. The fourth-order valence-electron chi connectivity index (χ4n) is 2.72. The van der Waals surface area contributed by atoms with E-state index in [1.807, 2.05) is 50.2 Å². The monoisotopic (exact) mass is 447 g/mol. The molecule has 7 nitrogen and oxygen atoms in total. The average molecular weight is 448 g/mol. The van der Waals surface area contributed by atoms with Crippen LogP contribution in [0.3, 0.4) is 0 Å². The van der Waals surface area contributed by atoms with E-state index in [0.717, 1.165) is 10.3 Å². The molecule has 0 unspecified atom stereocenters. The molecule has 0 aliphatic heterocycles. The van der Waals surface area contributed by atoms with Crippen LogP contribution in [-0.4, -0.2) is 64.3 Å². The average Bonchev–Trinajstić information content (AvgIpc) is 3.09. The van der Waals surface area contributed by atoms with Crippen molar-refractivity contribution in [3.8, 4) is 5.75 Å². The molecule has 0 saturated carbocycles. The standard InChI is InChI=1S/C21H25N3O4S2/c1-15-5-7-16(8-6-15)28-14-20(25)24(12-11-23(2)3)21-22-18-10-9-17(30(4,26)27)13-19(18)29-21/h5-10,13H,11-12,14H2,1-4H3. The summed E-state index contributed by atoms with van der Waals surface area (Å²) in [7, 11) is 0.552. The van der Waals surface area contributed by atoms with Crippen LogP contribution in [0.5, 0.6) is 5.75 Å². The molecule has 0 radical (unpaired) electrons. The zero-order valence-electron chi connectivity index (χ0n) is 17.5. The van der Waals surface area contributed by atoms with Crippen LogP contribution in [0.4, 0.5) is 5.13 Å². The molecule has 9 heteroatoms. The number of benzene rings is 2. The van der Waals surface area contributed by atoms with E-state index in [1.54, 1.807) is 17.0 Å². The number of aromatic nitrogens is 1. The molecule has 1 heterocycles. The third-order valence-electron chi connectivity index (χ3n) is 4.46. The van der Waals surface area contributed by atoms with E-state index < -0.39 is 9.84 Å². The number of likely N-dealkylation sites (N-methyl/N-ethyl adjacent to an activating group) is 1. The van der Waals surface area contributed by atoms with Crippen LogP contribution in [0.25, 0.3) is 10.2 Å². The Hall–Kier alpha value is -2.49. The van der Waals surface area contributed by atoms with E-state index in [2.05, 4.69) is 4.98 Å². The highest BCUT2D eigenvalue weighted by atomic mass is 32.2. The van der Waals surface area contributed by atoms with Gasteiger partial charge in [0.05, 0.1) is 15.1 Å². The first-order chi connectivity index (χ1) is 14.1. The van der Waals surface area contributed by atoms with Crippen LogP contribution in [0.1, 0.15) is 5.56 Å². The lowest BCUT2D eigenvalue weighted by atomic mass is 10.2. The summed E-state index contributed by atoms with van der Waals surface area (Å²) in [6, 6.07) is 12.3. The van der Waals surface area contributed by atoms with E-state index >= 15 is 0 Å². The molecule has 3 rings (SSSR count). The van der Waals surface area contributed by atoms with Gasteiger partial charge in [-0.15, -0.1) is 0 Å². The van der Waals surface area contributed by atoms with Gasteiger partial charge in [-0.3, -0.25) is 9.69 Å². The Balaban J connectivity index is 1.84. The highest BCUT2D eigenvalue weighted by molar-refractivity contribution is 7.90. The predicted octanol–water partition coefficient (Wildman–Crippen LogP) is 2.98. The largest absolute Gasteiger partial charge is 0.484 e. The molecule has 1 amide bonds. The number of fused-ring (bicyclic) bond motifs is 1. The second-order valence-electron chi connectivity index (χ2n) is 7.35. The molecule has 0 saturated heterocycles. The molecule has 30 heavy (non-hydrogen) atoms. The Morgan fingerprint density at radius 3 is 2.43 bits per heavy atom. The number of nitrogens with zero attached hydrogens (tertiary/aromatic N) is 3. The molecule has 0 N–H and O–H groups in total. The Kier molecular flexibility index (Phi) is 6.74. The van der Waals surface area contributed by atoms with Crippen molar-refractivity contribution in [1.82, 2.24) is 9.88 Å². The molecule has 0 bridgehead atoms. The van der Waals surface area contributed by atoms with Gasteiger partial charge in [0.15, 0.2) is 21.6 Å². The molecular formula is C21H25N3O4S2. The summed E-state index contributed by atoms with van der Waals surface area (Å²) < 4.78 is 30.1. The van der Waals surface area contributed by atoms with E-state index in [-0.39, 0.29) is 17.4 Å². The van der Waals surface area contributed by atoms with Crippen molar-refractivity contribution in [1.29, 1.82) is 0 Å². The van der Waals surface area contributed by atoms with Crippen LogP contribution >= 0.6 is 11.3 Å². The number of ether oxygens (including phenoxy) is 1. The number of carbonyl (C=O) groups is 1. The summed E-state index contributed by atoms with van der Waals surface area (Å²) >= 11 is 1.29. The normalized spacial score (nSPS) is 11.8. The van der Waals surface area contributed by atoms with E-state index in [0.29, 0.717) is 29.5 Å². The smallest absolute Gasteiger partial charge is 0.266 e. The van der Waals surface area contributed by atoms with Gasteiger partial charge in [-0.2, -0.15) is 0 Å². The van der Waals surface area contributed by atoms with E-state index in [1.165, 1.54) is 23.7 Å². The highest BCUT2D eigenvalue weighted by Crippen LogP contribution is 2.30. The molecule has 160 valence electrons. The van der Waals surface area contributed by atoms with Crippen LogP contribution in [0.15, 0.2) is 47.4 Å². The first-order valence-corrected chi connectivity index (χ1v) is 12.1. The number of rotatable bonds is 8. The van der Waals surface area contributed by atoms with Crippen molar-refractivity contribution in [2.75, 3.05) is 44.9 Å². The van der Waals surface area contributed by atoms with Crippen molar-refractivity contribution in [3.05, 3.63) is 48.0 Å². The maximum absolute atomic E-state index is 13.0. The van der Waals surface area contributed by atoms with Gasteiger partial charge in [0.1, 0.15) is 5.75 Å². The maximum Gasteiger partial charge on any atom is 0.266 e. The van der Waals surface area contributed by atoms with Gasteiger partial charge in [0.25, 0.3) is 5.91 Å². The van der Waals surface area contributed by atoms with Crippen LogP contribution in [0.2, 0.25) is 0 Å².